The van der Waals surface area contributed by atoms with Gasteiger partial charge in [0.1, 0.15) is 11.5 Å². The number of hydrogen-bond donors (Lipinski definition) is 2. The maximum absolute atomic E-state index is 8.83. The quantitative estimate of drug-likeness (QED) is 0.650. The normalized spacial score (nSPS) is 12.2. The molecule has 0 saturated heterocycles. The van der Waals surface area contributed by atoms with Gasteiger partial charge < -0.3 is 19.9 Å². The van der Waals surface area contributed by atoms with E-state index in [-0.39, 0.29) is 12.6 Å². The number of aliphatic hydroxyl groups is 1. The number of rotatable bonds is 10. The van der Waals surface area contributed by atoms with E-state index in [0.717, 1.165) is 41.5 Å². The standard InChI is InChI=1S/C15H25NO3S/c1-4-16-14(11-20-9-5-8-17)13-7-6-12(18-2)10-15(13)19-3/h6-7,10,14,16-17H,4-5,8-9,11H2,1-3H3. The SMILES string of the molecule is CCNC(CSCCCO)c1ccc(OC)cc1OC. The smallest absolute Gasteiger partial charge is 0.127 e. The largest absolute Gasteiger partial charge is 0.497 e. The molecule has 0 spiro atoms. The van der Waals surface area contributed by atoms with E-state index < -0.39 is 0 Å². The van der Waals surface area contributed by atoms with E-state index in [4.69, 9.17) is 14.6 Å². The van der Waals surface area contributed by atoms with Crippen molar-refractivity contribution in [2.75, 3.05) is 38.9 Å². The van der Waals surface area contributed by atoms with Gasteiger partial charge in [-0.15, -0.1) is 0 Å². The summed E-state index contributed by atoms with van der Waals surface area (Å²) in [5, 5.41) is 12.3. The average molecular weight is 299 g/mol. The Labute approximate surface area is 125 Å². The van der Waals surface area contributed by atoms with Gasteiger partial charge in [-0.1, -0.05) is 13.0 Å². The van der Waals surface area contributed by atoms with Crippen molar-refractivity contribution in [1.82, 2.24) is 5.32 Å². The minimum atomic E-state index is 0.240. The first kappa shape index (κ1) is 17.1. The monoisotopic (exact) mass is 299 g/mol. The molecule has 0 aromatic heterocycles. The second kappa shape index (κ2) is 9.91. The van der Waals surface area contributed by atoms with E-state index in [2.05, 4.69) is 18.3 Å². The third-order valence-corrected chi connectivity index (χ3v) is 4.14. The Morgan fingerprint density at radius 3 is 2.70 bits per heavy atom. The van der Waals surface area contributed by atoms with Gasteiger partial charge in [-0.2, -0.15) is 11.8 Å². The summed E-state index contributed by atoms with van der Waals surface area (Å²) in [4.78, 5) is 0. The Kier molecular flexibility index (Phi) is 8.49. The van der Waals surface area contributed by atoms with Gasteiger partial charge in [0, 0.05) is 30.0 Å². The third-order valence-electron chi connectivity index (χ3n) is 3.00. The van der Waals surface area contributed by atoms with Crippen molar-refractivity contribution in [3.63, 3.8) is 0 Å². The van der Waals surface area contributed by atoms with Gasteiger partial charge in [0.15, 0.2) is 0 Å². The van der Waals surface area contributed by atoms with Crippen molar-refractivity contribution in [2.45, 2.75) is 19.4 Å². The van der Waals surface area contributed by atoms with Crippen molar-refractivity contribution in [2.24, 2.45) is 0 Å². The molecule has 0 heterocycles. The van der Waals surface area contributed by atoms with Crippen LogP contribution in [0, 0.1) is 0 Å². The molecule has 1 rings (SSSR count). The van der Waals surface area contributed by atoms with Crippen LogP contribution in [0.15, 0.2) is 18.2 Å². The molecule has 0 aliphatic heterocycles. The zero-order chi connectivity index (χ0) is 14.8. The van der Waals surface area contributed by atoms with Gasteiger partial charge in [-0.3, -0.25) is 0 Å². The molecule has 0 aliphatic rings. The molecule has 2 N–H and O–H groups in total. The lowest BCUT2D eigenvalue weighted by Gasteiger charge is -2.21. The number of methoxy groups -OCH3 is 2. The molecular formula is C15H25NO3S. The number of benzene rings is 1. The molecule has 0 bridgehead atoms. The number of thioether (sulfide) groups is 1. The number of aliphatic hydroxyl groups excluding tert-OH is 1. The van der Waals surface area contributed by atoms with Gasteiger partial charge >= 0.3 is 0 Å². The lowest BCUT2D eigenvalue weighted by Crippen LogP contribution is -2.23. The highest BCUT2D eigenvalue weighted by Crippen LogP contribution is 2.31. The Morgan fingerprint density at radius 2 is 2.10 bits per heavy atom. The Balaban J connectivity index is 2.78. The van der Waals surface area contributed by atoms with Crippen molar-refractivity contribution in [1.29, 1.82) is 0 Å². The molecule has 0 fully saturated rings. The zero-order valence-corrected chi connectivity index (χ0v) is 13.3. The van der Waals surface area contributed by atoms with E-state index in [9.17, 15) is 0 Å². The number of hydrogen-bond acceptors (Lipinski definition) is 5. The molecule has 0 saturated carbocycles. The lowest BCUT2D eigenvalue weighted by atomic mass is 10.1. The highest BCUT2D eigenvalue weighted by molar-refractivity contribution is 7.99. The summed E-state index contributed by atoms with van der Waals surface area (Å²) >= 11 is 1.84. The van der Waals surface area contributed by atoms with Crippen molar-refractivity contribution in [3.8, 4) is 11.5 Å². The van der Waals surface area contributed by atoms with Crippen molar-refractivity contribution < 1.29 is 14.6 Å². The fourth-order valence-electron chi connectivity index (χ4n) is 1.98. The van der Waals surface area contributed by atoms with Crippen LogP contribution in [0.5, 0.6) is 11.5 Å². The number of ether oxygens (including phenoxy) is 2. The first-order valence-corrected chi connectivity index (χ1v) is 8.06. The molecule has 1 aromatic carbocycles. The minimum absolute atomic E-state index is 0.240. The second-order valence-corrected chi connectivity index (χ2v) is 5.52. The summed E-state index contributed by atoms with van der Waals surface area (Å²) in [5.74, 6) is 3.57. The van der Waals surface area contributed by atoms with E-state index in [1.807, 2.05) is 23.9 Å². The maximum atomic E-state index is 8.83. The molecule has 114 valence electrons. The topological polar surface area (TPSA) is 50.7 Å². The zero-order valence-electron chi connectivity index (χ0n) is 12.5. The fourth-order valence-corrected chi connectivity index (χ4v) is 3.01. The molecule has 0 aliphatic carbocycles. The summed E-state index contributed by atoms with van der Waals surface area (Å²) < 4.78 is 10.7. The Hall–Kier alpha value is -0.910. The third kappa shape index (κ3) is 5.23. The van der Waals surface area contributed by atoms with Crippen LogP contribution in [0.1, 0.15) is 24.9 Å². The molecule has 0 amide bonds. The van der Waals surface area contributed by atoms with Crippen LogP contribution in [-0.4, -0.2) is 44.0 Å². The molecule has 0 radical (unpaired) electrons. The predicted octanol–water partition coefficient (Wildman–Crippen LogP) is 2.47. The first-order chi connectivity index (χ1) is 9.76. The Bertz CT molecular complexity index is 387. The molecule has 20 heavy (non-hydrogen) atoms. The first-order valence-electron chi connectivity index (χ1n) is 6.90. The van der Waals surface area contributed by atoms with Crippen LogP contribution in [-0.2, 0) is 0 Å². The summed E-state index contributed by atoms with van der Waals surface area (Å²) in [6.45, 7) is 3.26. The summed E-state index contributed by atoms with van der Waals surface area (Å²) in [6, 6.07) is 6.17. The molecule has 1 unspecified atom stereocenters. The molecule has 4 nitrogen and oxygen atoms in total. The fraction of sp³-hybridized carbons (Fsp3) is 0.600. The molecule has 1 atom stereocenters. The number of nitrogens with one attached hydrogen (secondary N) is 1. The average Bonchev–Trinajstić information content (AvgIpc) is 2.49. The van der Waals surface area contributed by atoms with E-state index in [0.29, 0.717) is 0 Å². The second-order valence-electron chi connectivity index (χ2n) is 4.37. The van der Waals surface area contributed by atoms with Crippen LogP contribution < -0.4 is 14.8 Å². The van der Waals surface area contributed by atoms with Gasteiger partial charge in [-0.25, -0.2) is 0 Å². The van der Waals surface area contributed by atoms with Crippen LogP contribution in [0.3, 0.4) is 0 Å². The van der Waals surface area contributed by atoms with Crippen LogP contribution in [0.2, 0.25) is 0 Å². The van der Waals surface area contributed by atoms with Gasteiger partial charge in [-0.05, 0) is 24.8 Å². The minimum Gasteiger partial charge on any atom is -0.497 e. The highest BCUT2D eigenvalue weighted by Gasteiger charge is 2.16. The molecule has 1 aromatic rings. The summed E-state index contributed by atoms with van der Waals surface area (Å²) in [7, 11) is 3.33. The van der Waals surface area contributed by atoms with Crippen molar-refractivity contribution in [3.05, 3.63) is 23.8 Å². The Morgan fingerprint density at radius 1 is 1.30 bits per heavy atom. The van der Waals surface area contributed by atoms with Gasteiger partial charge in [0.2, 0.25) is 0 Å². The summed E-state index contributed by atoms with van der Waals surface area (Å²) in [6.07, 6.45) is 0.837. The maximum Gasteiger partial charge on any atom is 0.127 e. The van der Waals surface area contributed by atoms with Crippen LogP contribution >= 0.6 is 11.8 Å². The summed E-state index contributed by atoms with van der Waals surface area (Å²) in [5.41, 5.74) is 1.15. The predicted molar refractivity (Wildman–Crippen MR) is 85.0 cm³/mol. The van der Waals surface area contributed by atoms with Crippen LogP contribution in [0.4, 0.5) is 0 Å². The van der Waals surface area contributed by atoms with Gasteiger partial charge in [0.05, 0.1) is 14.2 Å². The van der Waals surface area contributed by atoms with Crippen LogP contribution in [0.25, 0.3) is 0 Å². The lowest BCUT2D eigenvalue weighted by molar-refractivity contribution is 0.296. The highest BCUT2D eigenvalue weighted by atomic mass is 32.2. The van der Waals surface area contributed by atoms with E-state index in [1.165, 1.54) is 0 Å². The van der Waals surface area contributed by atoms with Gasteiger partial charge in [0.25, 0.3) is 0 Å². The van der Waals surface area contributed by atoms with E-state index in [1.54, 1.807) is 14.2 Å². The van der Waals surface area contributed by atoms with Crippen molar-refractivity contribution >= 4 is 11.8 Å². The van der Waals surface area contributed by atoms with E-state index >= 15 is 0 Å². The molecular weight excluding hydrogens is 274 g/mol. The molecule has 5 heteroatoms.